The standard InChI is InChI=1S/C13H17FO/c14-12-5-1-3-10(9-12)4-2-6-13(15)11-7-8-11/h1,3,5,9,11,13,15H,2,4,6-8H2. The van der Waals surface area contributed by atoms with Crippen molar-refractivity contribution < 1.29 is 9.50 Å². The average molecular weight is 208 g/mol. The molecule has 0 heterocycles. The Labute approximate surface area is 89.9 Å². The number of benzene rings is 1. The van der Waals surface area contributed by atoms with E-state index in [1.54, 1.807) is 12.1 Å². The Bertz CT molecular complexity index is 320. The highest BCUT2D eigenvalue weighted by molar-refractivity contribution is 5.16. The maximum Gasteiger partial charge on any atom is 0.123 e. The molecule has 0 aliphatic heterocycles. The SMILES string of the molecule is OC(CCCc1cccc(F)c1)C1CC1. The fraction of sp³-hybridized carbons (Fsp3) is 0.538. The molecule has 0 aromatic heterocycles. The molecule has 1 unspecified atom stereocenters. The normalized spacial score (nSPS) is 17.7. The molecule has 1 aliphatic carbocycles. The Kier molecular flexibility index (Phi) is 3.37. The minimum Gasteiger partial charge on any atom is -0.393 e. The van der Waals surface area contributed by atoms with Gasteiger partial charge in [-0.2, -0.15) is 0 Å². The zero-order valence-corrected chi connectivity index (χ0v) is 8.82. The molecule has 82 valence electrons. The first-order chi connectivity index (χ1) is 7.25. The highest BCUT2D eigenvalue weighted by atomic mass is 19.1. The molecule has 1 fully saturated rings. The summed E-state index contributed by atoms with van der Waals surface area (Å²) in [5.41, 5.74) is 1.03. The smallest absolute Gasteiger partial charge is 0.123 e. The summed E-state index contributed by atoms with van der Waals surface area (Å²) < 4.78 is 12.8. The van der Waals surface area contributed by atoms with E-state index in [1.165, 1.54) is 18.9 Å². The molecule has 2 heteroatoms. The molecule has 0 amide bonds. The van der Waals surface area contributed by atoms with Crippen molar-refractivity contribution >= 4 is 0 Å². The van der Waals surface area contributed by atoms with Crippen LogP contribution < -0.4 is 0 Å². The predicted molar refractivity (Wildman–Crippen MR) is 58.1 cm³/mol. The van der Waals surface area contributed by atoms with Crippen molar-refractivity contribution in [2.24, 2.45) is 5.92 Å². The largest absolute Gasteiger partial charge is 0.393 e. The van der Waals surface area contributed by atoms with Crippen LogP contribution in [0.15, 0.2) is 24.3 Å². The third-order valence-electron chi connectivity index (χ3n) is 3.02. The molecule has 1 atom stereocenters. The van der Waals surface area contributed by atoms with E-state index >= 15 is 0 Å². The summed E-state index contributed by atoms with van der Waals surface area (Å²) in [6.45, 7) is 0. The Morgan fingerprint density at radius 1 is 1.40 bits per heavy atom. The summed E-state index contributed by atoms with van der Waals surface area (Å²) in [7, 11) is 0. The van der Waals surface area contributed by atoms with Crippen molar-refractivity contribution in [3.8, 4) is 0 Å². The zero-order valence-electron chi connectivity index (χ0n) is 8.82. The molecule has 2 rings (SSSR count). The van der Waals surface area contributed by atoms with Gasteiger partial charge in [-0.3, -0.25) is 0 Å². The Morgan fingerprint density at radius 3 is 2.87 bits per heavy atom. The summed E-state index contributed by atoms with van der Waals surface area (Å²) >= 11 is 0. The predicted octanol–water partition coefficient (Wildman–Crippen LogP) is 2.92. The summed E-state index contributed by atoms with van der Waals surface area (Å²) in [5.74, 6) is 0.382. The van der Waals surface area contributed by atoms with Gasteiger partial charge in [0.2, 0.25) is 0 Å². The van der Waals surface area contributed by atoms with E-state index in [9.17, 15) is 9.50 Å². The van der Waals surface area contributed by atoms with E-state index in [-0.39, 0.29) is 11.9 Å². The van der Waals surface area contributed by atoms with Crippen LogP contribution in [0.1, 0.15) is 31.2 Å². The van der Waals surface area contributed by atoms with E-state index in [0.717, 1.165) is 24.8 Å². The molecule has 0 radical (unpaired) electrons. The van der Waals surface area contributed by atoms with Crippen LogP contribution in [0.3, 0.4) is 0 Å². The van der Waals surface area contributed by atoms with Crippen molar-refractivity contribution in [1.29, 1.82) is 0 Å². The number of hydrogen-bond acceptors (Lipinski definition) is 1. The minimum absolute atomic E-state index is 0.126. The van der Waals surface area contributed by atoms with Gasteiger partial charge in [-0.15, -0.1) is 0 Å². The lowest BCUT2D eigenvalue weighted by molar-refractivity contribution is 0.139. The minimum atomic E-state index is -0.171. The topological polar surface area (TPSA) is 20.2 Å². The third-order valence-corrected chi connectivity index (χ3v) is 3.02. The van der Waals surface area contributed by atoms with Gasteiger partial charge >= 0.3 is 0 Å². The second kappa shape index (κ2) is 4.75. The highest BCUT2D eigenvalue weighted by Crippen LogP contribution is 2.34. The Morgan fingerprint density at radius 2 is 2.20 bits per heavy atom. The third kappa shape index (κ3) is 3.31. The van der Waals surface area contributed by atoms with Gasteiger partial charge in [0.15, 0.2) is 0 Å². The summed E-state index contributed by atoms with van der Waals surface area (Å²) in [6.07, 6.45) is 4.89. The first-order valence-electron chi connectivity index (χ1n) is 5.68. The number of halogens is 1. The van der Waals surface area contributed by atoms with Gasteiger partial charge in [0.1, 0.15) is 5.82 Å². The molecule has 1 nitrogen and oxygen atoms in total. The molecule has 1 aliphatic rings. The lowest BCUT2D eigenvalue weighted by Crippen LogP contribution is -2.08. The van der Waals surface area contributed by atoms with Crippen LogP contribution >= 0.6 is 0 Å². The lowest BCUT2D eigenvalue weighted by atomic mass is 10.0. The molecule has 1 N–H and O–H groups in total. The van der Waals surface area contributed by atoms with Crippen LogP contribution in [0.4, 0.5) is 4.39 Å². The zero-order chi connectivity index (χ0) is 10.7. The first kappa shape index (κ1) is 10.6. The number of rotatable bonds is 5. The van der Waals surface area contributed by atoms with E-state index < -0.39 is 0 Å². The monoisotopic (exact) mass is 208 g/mol. The second-order valence-corrected chi connectivity index (χ2v) is 4.43. The van der Waals surface area contributed by atoms with Gasteiger partial charge in [-0.25, -0.2) is 4.39 Å². The molecule has 1 aromatic rings. The van der Waals surface area contributed by atoms with Gasteiger partial charge in [0.25, 0.3) is 0 Å². The maximum atomic E-state index is 12.8. The number of aliphatic hydroxyl groups is 1. The molecule has 0 bridgehead atoms. The van der Waals surface area contributed by atoms with Crippen molar-refractivity contribution in [2.45, 2.75) is 38.2 Å². The van der Waals surface area contributed by atoms with Gasteiger partial charge in [-0.1, -0.05) is 12.1 Å². The first-order valence-corrected chi connectivity index (χ1v) is 5.68. The maximum absolute atomic E-state index is 12.8. The van der Waals surface area contributed by atoms with Crippen LogP contribution in [0, 0.1) is 11.7 Å². The van der Waals surface area contributed by atoms with Crippen molar-refractivity contribution in [3.05, 3.63) is 35.6 Å². The van der Waals surface area contributed by atoms with Gasteiger partial charge in [0, 0.05) is 0 Å². The fourth-order valence-corrected chi connectivity index (χ4v) is 1.92. The number of aryl methyl sites for hydroxylation is 1. The molecule has 15 heavy (non-hydrogen) atoms. The molecular formula is C13H17FO. The summed E-state index contributed by atoms with van der Waals surface area (Å²) in [4.78, 5) is 0. The molecule has 0 spiro atoms. The summed E-state index contributed by atoms with van der Waals surface area (Å²) in [5, 5.41) is 9.65. The van der Waals surface area contributed by atoms with Gasteiger partial charge in [0.05, 0.1) is 6.10 Å². The number of aliphatic hydroxyl groups excluding tert-OH is 1. The van der Waals surface area contributed by atoms with Crippen LogP contribution in [-0.2, 0) is 6.42 Å². The quantitative estimate of drug-likeness (QED) is 0.788. The molecular weight excluding hydrogens is 191 g/mol. The fourth-order valence-electron chi connectivity index (χ4n) is 1.92. The Hall–Kier alpha value is -0.890. The molecule has 1 aromatic carbocycles. The van der Waals surface area contributed by atoms with E-state index in [2.05, 4.69) is 0 Å². The van der Waals surface area contributed by atoms with Crippen LogP contribution in [0.25, 0.3) is 0 Å². The Balaban J connectivity index is 1.73. The second-order valence-electron chi connectivity index (χ2n) is 4.43. The number of hydrogen-bond donors (Lipinski definition) is 1. The van der Waals surface area contributed by atoms with E-state index in [4.69, 9.17) is 0 Å². The lowest BCUT2D eigenvalue weighted by Gasteiger charge is -2.08. The highest BCUT2D eigenvalue weighted by Gasteiger charge is 2.28. The van der Waals surface area contributed by atoms with Gasteiger partial charge < -0.3 is 5.11 Å². The van der Waals surface area contributed by atoms with Crippen LogP contribution in [-0.4, -0.2) is 11.2 Å². The van der Waals surface area contributed by atoms with Crippen LogP contribution in [0.5, 0.6) is 0 Å². The summed E-state index contributed by atoms with van der Waals surface area (Å²) in [6, 6.07) is 6.71. The van der Waals surface area contributed by atoms with Crippen molar-refractivity contribution in [2.75, 3.05) is 0 Å². The van der Waals surface area contributed by atoms with Crippen molar-refractivity contribution in [1.82, 2.24) is 0 Å². The molecule has 1 saturated carbocycles. The van der Waals surface area contributed by atoms with E-state index in [0.29, 0.717) is 5.92 Å². The van der Waals surface area contributed by atoms with Crippen molar-refractivity contribution in [3.63, 3.8) is 0 Å². The van der Waals surface area contributed by atoms with Gasteiger partial charge in [-0.05, 0) is 55.7 Å². The van der Waals surface area contributed by atoms with E-state index in [1.807, 2.05) is 6.07 Å². The average Bonchev–Trinajstić information content (AvgIpc) is 3.00. The molecule has 0 saturated heterocycles. The van der Waals surface area contributed by atoms with Crippen LogP contribution in [0.2, 0.25) is 0 Å².